The third-order valence-electron chi connectivity index (χ3n) is 2.61. The van der Waals surface area contributed by atoms with E-state index in [1.165, 1.54) is 5.56 Å². The van der Waals surface area contributed by atoms with Crippen LogP contribution in [-0.4, -0.2) is 24.5 Å². The summed E-state index contributed by atoms with van der Waals surface area (Å²) in [7, 11) is 2.10. The molecule has 1 aromatic rings. The number of hydrogen-bond donors (Lipinski definition) is 1. The summed E-state index contributed by atoms with van der Waals surface area (Å²) < 4.78 is 5.26. The van der Waals surface area contributed by atoms with E-state index in [1.807, 2.05) is 13.0 Å². The fourth-order valence-corrected chi connectivity index (χ4v) is 1.79. The molecule has 0 bridgehead atoms. The molecule has 0 radical (unpaired) electrons. The van der Waals surface area contributed by atoms with Crippen LogP contribution < -0.4 is 5.73 Å². The molecule has 1 aromatic heterocycles. The lowest BCUT2D eigenvalue weighted by Gasteiger charge is -2.20. The predicted octanol–water partition coefficient (Wildman–Crippen LogP) is 2.15. The molecule has 0 saturated carbocycles. The summed E-state index contributed by atoms with van der Waals surface area (Å²) in [5.74, 6) is 1.01. The van der Waals surface area contributed by atoms with Gasteiger partial charge in [-0.3, -0.25) is 0 Å². The van der Waals surface area contributed by atoms with Crippen LogP contribution in [0.3, 0.4) is 0 Å². The minimum absolute atomic E-state index is 0.284. The summed E-state index contributed by atoms with van der Waals surface area (Å²) in [5.41, 5.74) is 7.24. The summed E-state index contributed by atoms with van der Waals surface area (Å²) in [6.07, 6.45) is 3.99. The van der Waals surface area contributed by atoms with Crippen LogP contribution in [0.4, 0.5) is 0 Å². The van der Waals surface area contributed by atoms with Crippen LogP contribution in [0.2, 0.25) is 0 Å². The van der Waals surface area contributed by atoms with Crippen LogP contribution >= 0.6 is 0 Å². The molecule has 0 fully saturated rings. The second kappa shape index (κ2) is 5.93. The van der Waals surface area contributed by atoms with Crippen molar-refractivity contribution in [2.75, 3.05) is 13.6 Å². The van der Waals surface area contributed by atoms with Crippen LogP contribution in [0.15, 0.2) is 16.7 Å². The molecule has 0 aliphatic rings. The second-order valence-corrected chi connectivity index (χ2v) is 4.25. The zero-order chi connectivity index (χ0) is 11.3. The Morgan fingerprint density at radius 2 is 2.27 bits per heavy atom. The molecule has 1 heterocycles. The molecule has 0 saturated heterocycles. The lowest BCUT2D eigenvalue weighted by atomic mass is 10.1. The van der Waals surface area contributed by atoms with E-state index < -0.39 is 0 Å². The Labute approximate surface area is 92.2 Å². The Kier molecular flexibility index (Phi) is 4.85. The molecular formula is C12H22N2O. The van der Waals surface area contributed by atoms with E-state index in [4.69, 9.17) is 10.2 Å². The molecule has 0 aliphatic heterocycles. The molecule has 1 rings (SSSR count). The van der Waals surface area contributed by atoms with Crippen molar-refractivity contribution >= 4 is 0 Å². The highest BCUT2D eigenvalue weighted by Gasteiger charge is 2.08. The van der Waals surface area contributed by atoms with Crippen LogP contribution in [0.5, 0.6) is 0 Å². The van der Waals surface area contributed by atoms with Gasteiger partial charge in [0.2, 0.25) is 0 Å². The zero-order valence-electron chi connectivity index (χ0n) is 9.99. The van der Waals surface area contributed by atoms with Crippen molar-refractivity contribution in [1.29, 1.82) is 0 Å². The van der Waals surface area contributed by atoms with E-state index in [2.05, 4.69) is 18.9 Å². The maximum Gasteiger partial charge on any atom is 0.105 e. The predicted molar refractivity (Wildman–Crippen MR) is 62.7 cm³/mol. The maximum absolute atomic E-state index is 5.99. The Bertz CT molecular complexity index is 283. The summed E-state index contributed by atoms with van der Waals surface area (Å²) in [6.45, 7) is 6.02. The molecular weight excluding hydrogens is 188 g/mol. The van der Waals surface area contributed by atoms with E-state index >= 15 is 0 Å². The molecule has 15 heavy (non-hydrogen) atoms. The van der Waals surface area contributed by atoms with Gasteiger partial charge in [-0.05, 0) is 26.5 Å². The first kappa shape index (κ1) is 12.3. The summed E-state index contributed by atoms with van der Waals surface area (Å²) in [4.78, 5) is 2.25. The first-order chi connectivity index (χ1) is 7.13. The molecule has 1 unspecified atom stereocenters. The lowest BCUT2D eigenvalue weighted by molar-refractivity contribution is 0.295. The van der Waals surface area contributed by atoms with Crippen molar-refractivity contribution in [2.24, 2.45) is 5.73 Å². The highest BCUT2D eigenvalue weighted by Crippen LogP contribution is 2.11. The van der Waals surface area contributed by atoms with E-state index in [-0.39, 0.29) is 6.04 Å². The topological polar surface area (TPSA) is 42.4 Å². The number of likely N-dealkylation sites (N-methyl/N-ethyl adjacent to an activating group) is 1. The van der Waals surface area contributed by atoms with Crippen molar-refractivity contribution in [3.05, 3.63) is 23.7 Å². The molecule has 86 valence electrons. The van der Waals surface area contributed by atoms with Gasteiger partial charge in [0.05, 0.1) is 6.26 Å². The van der Waals surface area contributed by atoms with E-state index in [0.717, 1.165) is 31.7 Å². The standard InChI is InChI=1S/C12H22N2O/c1-4-5-12(13)9-14(3)8-11-6-7-15-10(11)2/h6-7,12H,4-5,8-9,13H2,1-3H3. The van der Waals surface area contributed by atoms with E-state index in [9.17, 15) is 0 Å². The second-order valence-electron chi connectivity index (χ2n) is 4.25. The van der Waals surface area contributed by atoms with E-state index in [1.54, 1.807) is 6.26 Å². The smallest absolute Gasteiger partial charge is 0.105 e. The summed E-state index contributed by atoms with van der Waals surface area (Å²) in [5, 5.41) is 0. The van der Waals surface area contributed by atoms with Gasteiger partial charge in [-0.15, -0.1) is 0 Å². The molecule has 1 atom stereocenters. The van der Waals surface area contributed by atoms with Crippen LogP contribution in [0, 0.1) is 6.92 Å². The van der Waals surface area contributed by atoms with Gasteiger partial charge in [-0.2, -0.15) is 0 Å². The SMILES string of the molecule is CCCC(N)CN(C)Cc1ccoc1C. The molecule has 0 aliphatic carbocycles. The van der Waals surface area contributed by atoms with Crippen molar-refractivity contribution in [2.45, 2.75) is 39.3 Å². The molecule has 0 aromatic carbocycles. The summed E-state index contributed by atoms with van der Waals surface area (Å²) in [6, 6.07) is 2.31. The molecule has 0 spiro atoms. The van der Waals surface area contributed by atoms with Gasteiger partial charge in [0.25, 0.3) is 0 Å². The Hall–Kier alpha value is -0.800. The van der Waals surface area contributed by atoms with Crippen molar-refractivity contribution in [3.63, 3.8) is 0 Å². The average Bonchev–Trinajstić information content (AvgIpc) is 2.52. The lowest BCUT2D eigenvalue weighted by Crippen LogP contribution is -2.34. The average molecular weight is 210 g/mol. The minimum Gasteiger partial charge on any atom is -0.469 e. The third kappa shape index (κ3) is 4.06. The normalized spacial score (nSPS) is 13.4. The number of aryl methyl sites for hydroxylation is 1. The zero-order valence-corrected chi connectivity index (χ0v) is 9.99. The van der Waals surface area contributed by atoms with Gasteiger partial charge in [0, 0.05) is 24.7 Å². The fraction of sp³-hybridized carbons (Fsp3) is 0.667. The summed E-state index contributed by atoms with van der Waals surface area (Å²) >= 11 is 0. The quantitative estimate of drug-likeness (QED) is 0.782. The first-order valence-corrected chi connectivity index (χ1v) is 5.60. The molecule has 3 nitrogen and oxygen atoms in total. The van der Waals surface area contributed by atoms with Crippen LogP contribution in [-0.2, 0) is 6.54 Å². The largest absolute Gasteiger partial charge is 0.469 e. The Balaban J connectivity index is 2.36. The molecule has 0 amide bonds. The van der Waals surface area contributed by atoms with E-state index in [0.29, 0.717) is 0 Å². The minimum atomic E-state index is 0.284. The molecule has 3 heteroatoms. The van der Waals surface area contributed by atoms with Gasteiger partial charge in [0.15, 0.2) is 0 Å². The van der Waals surface area contributed by atoms with Crippen molar-refractivity contribution in [3.8, 4) is 0 Å². The Morgan fingerprint density at radius 3 is 2.80 bits per heavy atom. The van der Waals surface area contributed by atoms with Crippen LogP contribution in [0.25, 0.3) is 0 Å². The first-order valence-electron chi connectivity index (χ1n) is 5.60. The van der Waals surface area contributed by atoms with Crippen molar-refractivity contribution in [1.82, 2.24) is 4.90 Å². The number of nitrogens with zero attached hydrogens (tertiary/aromatic N) is 1. The monoisotopic (exact) mass is 210 g/mol. The number of hydrogen-bond acceptors (Lipinski definition) is 3. The molecule has 2 N–H and O–H groups in total. The maximum atomic E-state index is 5.99. The number of rotatable bonds is 6. The Morgan fingerprint density at radius 1 is 1.53 bits per heavy atom. The van der Waals surface area contributed by atoms with Crippen LogP contribution in [0.1, 0.15) is 31.1 Å². The van der Waals surface area contributed by atoms with Gasteiger partial charge in [-0.1, -0.05) is 13.3 Å². The van der Waals surface area contributed by atoms with Gasteiger partial charge < -0.3 is 15.1 Å². The highest BCUT2D eigenvalue weighted by atomic mass is 16.3. The fourth-order valence-electron chi connectivity index (χ4n) is 1.79. The van der Waals surface area contributed by atoms with Crippen molar-refractivity contribution < 1.29 is 4.42 Å². The van der Waals surface area contributed by atoms with Gasteiger partial charge >= 0.3 is 0 Å². The highest BCUT2D eigenvalue weighted by molar-refractivity contribution is 5.14. The number of nitrogens with two attached hydrogens (primary N) is 1. The third-order valence-corrected chi connectivity index (χ3v) is 2.61. The van der Waals surface area contributed by atoms with Gasteiger partial charge in [0.1, 0.15) is 5.76 Å². The number of furan rings is 1. The van der Waals surface area contributed by atoms with Gasteiger partial charge in [-0.25, -0.2) is 0 Å².